The van der Waals surface area contributed by atoms with Crippen LogP contribution < -0.4 is 0 Å². The van der Waals surface area contributed by atoms with Crippen LogP contribution in [0.4, 0.5) is 0 Å². The summed E-state index contributed by atoms with van der Waals surface area (Å²) >= 11 is -2.59. The van der Waals surface area contributed by atoms with Gasteiger partial charge < -0.3 is 0 Å². The van der Waals surface area contributed by atoms with E-state index in [1.165, 1.54) is 0 Å². The molecule has 88 valence electrons. The summed E-state index contributed by atoms with van der Waals surface area (Å²) in [6.45, 7) is 11.8. The molecule has 0 aromatic rings. The van der Waals surface area contributed by atoms with Crippen LogP contribution in [-0.4, -0.2) is 0 Å². The second-order valence-electron chi connectivity index (χ2n) is 7.43. The Labute approximate surface area is 96.8 Å². The van der Waals surface area contributed by atoms with Gasteiger partial charge in [-0.2, -0.15) is 0 Å². The maximum atomic E-state index is 2.55. The summed E-state index contributed by atoms with van der Waals surface area (Å²) in [5.41, 5.74) is 5.04. The molecule has 0 atom stereocenters. The predicted octanol–water partition coefficient (Wildman–Crippen LogP) is 5.52. The first-order chi connectivity index (χ1) is 6.36. The fraction of sp³-hybridized carbons (Fsp3) is 0.714. The summed E-state index contributed by atoms with van der Waals surface area (Å²) in [6, 6.07) is 0. The maximum absolute atomic E-state index is 2.59. The summed E-state index contributed by atoms with van der Waals surface area (Å²) < 4.78 is 1.81. The van der Waals surface area contributed by atoms with Gasteiger partial charge in [-0.25, -0.2) is 0 Å². The minimum absolute atomic E-state index is 0.314. The van der Waals surface area contributed by atoms with Crippen LogP contribution in [0.25, 0.3) is 0 Å². The normalized spacial score (nSPS) is 24.5. The Morgan fingerprint density at radius 2 is 1.20 bits per heavy atom. The van der Waals surface area contributed by atoms with E-state index < -0.39 is 15.8 Å². The fourth-order valence-corrected chi connectivity index (χ4v) is 17.4. The molecule has 0 aliphatic heterocycles. The van der Waals surface area contributed by atoms with Gasteiger partial charge in [0.05, 0.1) is 0 Å². The zero-order chi connectivity index (χ0) is 12.3. The molecule has 0 spiro atoms. The van der Waals surface area contributed by atoms with E-state index in [1.807, 2.05) is 3.79 Å². The summed E-state index contributed by atoms with van der Waals surface area (Å²) in [5, 5.41) is 10.2. The second-order valence-corrected chi connectivity index (χ2v) is 34.7. The van der Waals surface area contributed by atoms with Gasteiger partial charge in [0, 0.05) is 0 Å². The van der Waals surface area contributed by atoms with Gasteiger partial charge in [-0.15, -0.1) is 0 Å². The number of rotatable bonds is 1. The Morgan fingerprint density at radius 3 is 1.33 bits per heavy atom. The third-order valence-corrected chi connectivity index (χ3v) is 13.5. The van der Waals surface area contributed by atoms with Crippen molar-refractivity contribution in [3.8, 4) is 0 Å². The molecule has 0 saturated carbocycles. The van der Waals surface area contributed by atoms with Crippen molar-refractivity contribution in [3.63, 3.8) is 0 Å². The number of hydrogen-bond donors (Lipinski definition) is 0. The van der Waals surface area contributed by atoms with E-state index in [9.17, 15) is 0 Å². The molecular formula is C14H27Ta. The molecule has 1 aliphatic rings. The molecule has 0 aromatic carbocycles. The summed E-state index contributed by atoms with van der Waals surface area (Å²) in [4.78, 5) is 0. The van der Waals surface area contributed by atoms with Gasteiger partial charge in [0.15, 0.2) is 0 Å². The van der Waals surface area contributed by atoms with E-state index in [1.54, 1.807) is 16.7 Å². The van der Waals surface area contributed by atoms with E-state index in [4.69, 9.17) is 0 Å². The summed E-state index contributed by atoms with van der Waals surface area (Å²) in [6.07, 6.45) is 0. The van der Waals surface area contributed by atoms with Gasteiger partial charge in [0.2, 0.25) is 0 Å². The molecule has 0 N–H and O–H groups in total. The first-order valence-electron chi connectivity index (χ1n) is 5.76. The molecule has 0 fully saturated rings. The van der Waals surface area contributed by atoms with Crippen LogP contribution in [0.3, 0.4) is 0 Å². The predicted molar refractivity (Wildman–Crippen MR) is 68.3 cm³/mol. The Morgan fingerprint density at radius 1 is 0.800 bits per heavy atom. The molecular weight excluding hydrogens is 349 g/mol. The van der Waals surface area contributed by atoms with E-state index in [0.717, 1.165) is 0 Å². The van der Waals surface area contributed by atoms with Crippen molar-refractivity contribution in [2.45, 2.75) is 55.2 Å². The van der Waals surface area contributed by atoms with Gasteiger partial charge >= 0.3 is 96.9 Å². The van der Waals surface area contributed by atoms with Crippen LogP contribution in [-0.2, 0) is 15.8 Å². The zero-order valence-electron chi connectivity index (χ0n) is 11.9. The Kier molecular flexibility index (Phi) is 2.76. The molecule has 1 heteroatoms. The van der Waals surface area contributed by atoms with E-state index >= 15 is 0 Å². The van der Waals surface area contributed by atoms with Gasteiger partial charge in [-0.3, -0.25) is 0 Å². The first-order valence-corrected chi connectivity index (χ1v) is 20.2. The fourth-order valence-electron chi connectivity index (χ4n) is 3.36. The molecule has 0 amide bonds. The van der Waals surface area contributed by atoms with Gasteiger partial charge in [-0.1, -0.05) is 0 Å². The van der Waals surface area contributed by atoms with E-state index in [0.29, 0.717) is 5.41 Å². The third-order valence-electron chi connectivity index (χ3n) is 3.90. The van der Waals surface area contributed by atoms with Crippen molar-refractivity contribution in [1.82, 2.24) is 0 Å². The van der Waals surface area contributed by atoms with Crippen molar-refractivity contribution < 1.29 is 15.8 Å². The van der Waals surface area contributed by atoms with Crippen LogP contribution >= 0.6 is 0 Å². The van der Waals surface area contributed by atoms with Crippen LogP contribution in [0.5, 0.6) is 0 Å². The summed E-state index contributed by atoms with van der Waals surface area (Å²) in [5.74, 6) is 0. The molecule has 0 saturated heterocycles. The van der Waals surface area contributed by atoms with Crippen LogP contribution in [0.2, 0.25) is 20.6 Å². The van der Waals surface area contributed by atoms with Gasteiger partial charge in [0.25, 0.3) is 0 Å². The molecule has 0 aromatic heterocycles. The standard InChI is InChI=1S/C10H15.4CH3.Ta/c1-7-6-10(4,5)9(3)8(7)2;;;;;/h1-5H3;4*1H3;. The molecule has 0 nitrogen and oxygen atoms in total. The van der Waals surface area contributed by atoms with E-state index in [-0.39, 0.29) is 0 Å². The van der Waals surface area contributed by atoms with Crippen molar-refractivity contribution in [2.75, 3.05) is 0 Å². The van der Waals surface area contributed by atoms with Crippen LogP contribution in [0.1, 0.15) is 34.6 Å². The molecule has 15 heavy (non-hydrogen) atoms. The van der Waals surface area contributed by atoms with Crippen molar-refractivity contribution in [3.05, 3.63) is 20.5 Å². The summed E-state index contributed by atoms with van der Waals surface area (Å²) in [7, 11) is 0. The molecule has 0 radical (unpaired) electrons. The SMILES string of the molecule is CC1=C(C)C(C)(C)[C]([Ta]([CH3])([CH3])([CH3])[CH3])=C1C. The minimum atomic E-state index is -2.59. The van der Waals surface area contributed by atoms with Gasteiger partial charge in [-0.05, 0) is 0 Å². The quantitative estimate of drug-likeness (QED) is 0.565. The monoisotopic (exact) mass is 376 g/mol. The Bertz CT molecular complexity index is 361. The van der Waals surface area contributed by atoms with Gasteiger partial charge in [0.1, 0.15) is 0 Å². The zero-order valence-corrected chi connectivity index (χ0v) is 15.2. The number of allylic oxidation sites excluding steroid dienone is 4. The van der Waals surface area contributed by atoms with Crippen molar-refractivity contribution in [1.29, 1.82) is 0 Å². The molecule has 0 bridgehead atoms. The van der Waals surface area contributed by atoms with Crippen molar-refractivity contribution >= 4 is 0 Å². The second kappa shape index (κ2) is 3.12. The number of hydrogen-bond acceptors (Lipinski definition) is 0. The van der Waals surface area contributed by atoms with Crippen LogP contribution in [0, 0.1) is 5.41 Å². The van der Waals surface area contributed by atoms with Crippen molar-refractivity contribution in [2.24, 2.45) is 5.41 Å². The Hall–Kier alpha value is 0.220. The Balaban J connectivity index is 3.50. The molecule has 1 rings (SSSR count). The molecule has 0 heterocycles. The topological polar surface area (TPSA) is 0 Å². The molecule has 0 unspecified atom stereocenters. The van der Waals surface area contributed by atoms with E-state index in [2.05, 4.69) is 55.2 Å². The van der Waals surface area contributed by atoms with Crippen LogP contribution in [0.15, 0.2) is 20.5 Å². The average molecular weight is 376 g/mol. The third kappa shape index (κ3) is 2.05. The average Bonchev–Trinajstić information content (AvgIpc) is 2.08. The first kappa shape index (κ1) is 13.3. The molecule has 1 aliphatic carbocycles.